The van der Waals surface area contributed by atoms with Gasteiger partial charge in [0.05, 0.1) is 11.8 Å². The van der Waals surface area contributed by atoms with Gasteiger partial charge in [-0.25, -0.2) is 15.0 Å². The Kier molecular flexibility index (Phi) is 5.29. The average Bonchev–Trinajstić information content (AvgIpc) is 3.41. The largest absolute Gasteiger partial charge is 0.371 e. The van der Waals surface area contributed by atoms with Crippen LogP contribution < -0.4 is 16.0 Å². The number of amides is 1. The van der Waals surface area contributed by atoms with Crippen molar-refractivity contribution in [3.05, 3.63) is 36.2 Å². The molecule has 0 saturated carbocycles. The van der Waals surface area contributed by atoms with Crippen LogP contribution in [-0.2, 0) is 18.4 Å². The number of aryl methyl sites for hydroxylation is 1. The minimum Gasteiger partial charge on any atom is -0.371 e. The second-order valence-electron chi connectivity index (χ2n) is 7.87. The third-order valence-electron chi connectivity index (χ3n) is 5.82. The highest BCUT2D eigenvalue weighted by Crippen LogP contribution is 2.35. The molecule has 31 heavy (non-hydrogen) atoms. The number of hydrogen-bond donors (Lipinski definition) is 3. The number of rotatable bonds is 5. The third-order valence-corrected chi connectivity index (χ3v) is 6.92. The lowest BCUT2D eigenvalue weighted by Crippen LogP contribution is -2.37. The van der Waals surface area contributed by atoms with Crippen LogP contribution in [0.1, 0.15) is 18.4 Å². The highest BCUT2D eigenvalue weighted by atomic mass is 32.1. The Labute approximate surface area is 184 Å². The van der Waals surface area contributed by atoms with Crippen LogP contribution in [0.5, 0.6) is 0 Å². The number of hydrogen-bond acceptors (Lipinski definition) is 7. The van der Waals surface area contributed by atoms with Crippen molar-refractivity contribution >= 4 is 44.4 Å². The molecule has 1 aliphatic heterocycles. The summed E-state index contributed by atoms with van der Waals surface area (Å²) in [7, 11) is 3.83. The lowest BCUT2D eigenvalue weighted by molar-refractivity contribution is -0.125. The molecular weight excluding hydrogens is 410 g/mol. The SMILES string of the molecule is CNc1nc2nc(-c3ccc(CNC(=O)C4CCNCC4)cc3)sc2c2c1ncn2C. The predicted molar refractivity (Wildman–Crippen MR) is 124 cm³/mol. The number of thiazole rings is 1. The number of aromatic nitrogens is 4. The van der Waals surface area contributed by atoms with E-state index in [0.29, 0.717) is 6.54 Å². The molecule has 1 saturated heterocycles. The van der Waals surface area contributed by atoms with Gasteiger partial charge in [-0.2, -0.15) is 0 Å². The second-order valence-corrected chi connectivity index (χ2v) is 8.87. The van der Waals surface area contributed by atoms with E-state index < -0.39 is 0 Å². The molecule has 3 N–H and O–H groups in total. The number of benzene rings is 1. The Morgan fingerprint density at radius 2 is 2.00 bits per heavy atom. The summed E-state index contributed by atoms with van der Waals surface area (Å²) in [6.45, 7) is 2.39. The monoisotopic (exact) mass is 435 g/mol. The van der Waals surface area contributed by atoms with Gasteiger partial charge in [0.2, 0.25) is 5.91 Å². The normalized spacial score (nSPS) is 14.9. The molecule has 1 amide bonds. The number of carbonyl (C=O) groups excluding carboxylic acids is 1. The summed E-state index contributed by atoms with van der Waals surface area (Å²) in [6.07, 6.45) is 3.63. The van der Waals surface area contributed by atoms with Gasteiger partial charge in [0.1, 0.15) is 15.2 Å². The van der Waals surface area contributed by atoms with Crippen molar-refractivity contribution in [2.24, 2.45) is 13.0 Å². The van der Waals surface area contributed by atoms with Crippen LogP contribution in [-0.4, -0.2) is 45.6 Å². The molecule has 0 unspecified atom stereocenters. The van der Waals surface area contributed by atoms with Gasteiger partial charge < -0.3 is 20.5 Å². The quantitative estimate of drug-likeness (QED) is 0.446. The number of nitrogens with one attached hydrogen (secondary N) is 3. The fourth-order valence-electron chi connectivity index (χ4n) is 4.05. The molecule has 0 radical (unpaired) electrons. The average molecular weight is 436 g/mol. The highest BCUT2D eigenvalue weighted by Gasteiger charge is 2.20. The Hall–Kier alpha value is -3.04. The van der Waals surface area contributed by atoms with Gasteiger partial charge in [-0.05, 0) is 31.5 Å². The number of carbonyl (C=O) groups is 1. The zero-order valence-electron chi connectivity index (χ0n) is 17.6. The van der Waals surface area contributed by atoms with Crippen molar-refractivity contribution in [2.75, 3.05) is 25.5 Å². The van der Waals surface area contributed by atoms with Gasteiger partial charge in [-0.15, -0.1) is 11.3 Å². The van der Waals surface area contributed by atoms with E-state index in [4.69, 9.17) is 4.98 Å². The molecule has 0 spiro atoms. The Morgan fingerprint density at radius 3 is 2.74 bits per heavy atom. The number of fused-ring (bicyclic) bond motifs is 3. The van der Waals surface area contributed by atoms with E-state index in [1.807, 2.05) is 18.7 Å². The summed E-state index contributed by atoms with van der Waals surface area (Å²) >= 11 is 1.62. The summed E-state index contributed by atoms with van der Waals surface area (Å²) in [5, 5.41) is 10.4. The zero-order chi connectivity index (χ0) is 21.4. The molecule has 1 aliphatic rings. The first-order valence-corrected chi connectivity index (χ1v) is 11.3. The van der Waals surface area contributed by atoms with Crippen molar-refractivity contribution in [3.8, 4) is 10.6 Å². The van der Waals surface area contributed by atoms with E-state index >= 15 is 0 Å². The van der Waals surface area contributed by atoms with Crippen LogP contribution in [0, 0.1) is 5.92 Å². The molecular formula is C22H25N7OS. The first-order valence-electron chi connectivity index (χ1n) is 10.5. The summed E-state index contributed by atoms with van der Waals surface area (Å²) in [5.41, 5.74) is 4.73. The van der Waals surface area contributed by atoms with Crippen molar-refractivity contribution in [1.29, 1.82) is 0 Å². The maximum absolute atomic E-state index is 12.4. The number of pyridine rings is 1. The molecule has 3 aromatic heterocycles. The van der Waals surface area contributed by atoms with Gasteiger partial charge in [0.25, 0.3) is 0 Å². The fraction of sp³-hybridized carbons (Fsp3) is 0.364. The number of piperidine rings is 1. The summed E-state index contributed by atoms with van der Waals surface area (Å²) in [4.78, 5) is 26.3. The minimum atomic E-state index is 0.127. The Bertz CT molecular complexity index is 1240. The number of anilines is 1. The van der Waals surface area contributed by atoms with Crippen molar-refractivity contribution in [2.45, 2.75) is 19.4 Å². The number of imidazole rings is 1. The predicted octanol–water partition coefficient (Wildman–Crippen LogP) is 2.90. The van der Waals surface area contributed by atoms with Crippen LogP contribution in [0.2, 0.25) is 0 Å². The standard InChI is InChI=1S/C22H25N7OS/c1-23-19-16-17(29(2)12-26-16)18-20(27-19)28-22(31-18)15-5-3-13(4-6-15)11-25-21(30)14-7-9-24-10-8-14/h3-6,12,14,24H,7-11H2,1-2H3,(H,23,27)(H,25,30). The third kappa shape index (κ3) is 3.75. The van der Waals surface area contributed by atoms with Crippen LogP contribution in [0.3, 0.4) is 0 Å². The molecule has 8 nitrogen and oxygen atoms in total. The van der Waals surface area contributed by atoms with Crippen molar-refractivity contribution < 1.29 is 4.79 Å². The van der Waals surface area contributed by atoms with E-state index in [2.05, 4.69) is 50.2 Å². The Morgan fingerprint density at radius 1 is 1.23 bits per heavy atom. The lowest BCUT2D eigenvalue weighted by Gasteiger charge is -2.21. The molecule has 0 aliphatic carbocycles. The maximum atomic E-state index is 12.4. The van der Waals surface area contributed by atoms with Crippen LogP contribution in [0.4, 0.5) is 5.82 Å². The molecule has 0 atom stereocenters. The lowest BCUT2D eigenvalue weighted by atomic mass is 9.97. The molecule has 9 heteroatoms. The van der Waals surface area contributed by atoms with Gasteiger partial charge in [0.15, 0.2) is 11.5 Å². The fourth-order valence-corrected chi connectivity index (χ4v) is 5.15. The van der Waals surface area contributed by atoms with E-state index in [0.717, 1.165) is 69.3 Å². The first kappa shape index (κ1) is 19.9. The van der Waals surface area contributed by atoms with E-state index in [-0.39, 0.29) is 11.8 Å². The van der Waals surface area contributed by atoms with E-state index in [1.54, 1.807) is 17.7 Å². The smallest absolute Gasteiger partial charge is 0.223 e. The molecule has 1 aromatic carbocycles. The number of nitrogens with zero attached hydrogens (tertiary/aromatic N) is 4. The topological polar surface area (TPSA) is 96.8 Å². The van der Waals surface area contributed by atoms with Crippen LogP contribution in [0.15, 0.2) is 30.6 Å². The molecule has 1 fully saturated rings. The van der Waals surface area contributed by atoms with Gasteiger partial charge >= 0.3 is 0 Å². The molecule has 5 rings (SSSR count). The summed E-state index contributed by atoms with van der Waals surface area (Å²) in [5.74, 6) is 1.02. The van der Waals surface area contributed by atoms with Crippen molar-refractivity contribution in [3.63, 3.8) is 0 Å². The zero-order valence-corrected chi connectivity index (χ0v) is 18.4. The summed E-state index contributed by atoms with van der Waals surface area (Å²) in [6, 6.07) is 8.22. The van der Waals surface area contributed by atoms with Gasteiger partial charge in [0, 0.05) is 32.1 Å². The molecule has 4 aromatic rings. The van der Waals surface area contributed by atoms with Crippen molar-refractivity contribution in [1.82, 2.24) is 30.2 Å². The Balaban J connectivity index is 1.36. The van der Waals surface area contributed by atoms with Crippen LogP contribution >= 0.6 is 11.3 Å². The molecule has 0 bridgehead atoms. The maximum Gasteiger partial charge on any atom is 0.223 e. The van der Waals surface area contributed by atoms with E-state index in [1.165, 1.54) is 0 Å². The second kappa shape index (κ2) is 8.24. The first-order chi connectivity index (χ1) is 15.1. The molecule has 4 heterocycles. The minimum absolute atomic E-state index is 0.127. The van der Waals surface area contributed by atoms with Gasteiger partial charge in [-0.1, -0.05) is 24.3 Å². The van der Waals surface area contributed by atoms with E-state index in [9.17, 15) is 4.79 Å². The highest BCUT2D eigenvalue weighted by molar-refractivity contribution is 7.22. The summed E-state index contributed by atoms with van der Waals surface area (Å²) < 4.78 is 3.04. The van der Waals surface area contributed by atoms with Crippen LogP contribution in [0.25, 0.3) is 32.0 Å². The molecule has 160 valence electrons. The van der Waals surface area contributed by atoms with Gasteiger partial charge in [-0.3, -0.25) is 4.79 Å².